The molecule has 32 heavy (non-hydrogen) atoms. The molecule has 4 nitrogen and oxygen atoms in total. The summed E-state index contributed by atoms with van der Waals surface area (Å²) in [4.78, 5) is 26.1. The normalized spacial score (nSPS) is 32.9. The molecule has 0 radical (unpaired) electrons. The predicted molar refractivity (Wildman–Crippen MR) is 120 cm³/mol. The van der Waals surface area contributed by atoms with E-state index in [9.17, 15) is 9.59 Å². The summed E-state index contributed by atoms with van der Waals surface area (Å²) in [5, 5.41) is 0. The zero-order valence-corrected chi connectivity index (χ0v) is 18.3. The Morgan fingerprint density at radius 1 is 0.750 bits per heavy atom. The van der Waals surface area contributed by atoms with Crippen LogP contribution in [0.3, 0.4) is 0 Å². The molecular formula is C28H30O4. The van der Waals surface area contributed by atoms with Gasteiger partial charge in [-0.05, 0) is 60.8 Å². The quantitative estimate of drug-likeness (QED) is 0.617. The molecule has 0 N–H and O–H groups in total. The molecule has 6 rings (SSSR count). The monoisotopic (exact) mass is 430 g/mol. The highest BCUT2D eigenvalue weighted by molar-refractivity contribution is 5.89. The number of fused-ring (bicyclic) bond motifs is 7. The number of carbonyl (C=O) groups excluding carboxylic acids is 2. The van der Waals surface area contributed by atoms with Gasteiger partial charge in [-0.1, -0.05) is 61.7 Å². The van der Waals surface area contributed by atoms with Crippen LogP contribution < -0.4 is 0 Å². The lowest BCUT2D eigenvalue weighted by molar-refractivity contribution is -0.167. The van der Waals surface area contributed by atoms with Gasteiger partial charge >= 0.3 is 11.9 Å². The number of rotatable bonds is 4. The molecule has 0 spiro atoms. The number of hydrogen-bond donors (Lipinski definition) is 0. The van der Waals surface area contributed by atoms with E-state index < -0.39 is 0 Å². The number of carbonyl (C=O) groups is 2. The van der Waals surface area contributed by atoms with Crippen molar-refractivity contribution in [2.75, 3.05) is 0 Å². The first-order valence-corrected chi connectivity index (χ1v) is 12.2. The van der Waals surface area contributed by atoms with Crippen molar-refractivity contribution in [1.29, 1.82) is 0 Å². The van der Waals surface area contributed by atoms with Gasteiger partial charge in [0.05, 0.1) is 11.5 Å². The summed E-state index contributed by atoms with van der Waals surface area (Å²) in [6.07, 6.45) is 6.57. The Morgan fingerprint density at radius 2 is 1.47 bits per heavy atom. The minimum absolute atomic E-state index is 0.00456. The summed E-state index contributed by atoms with van der Waals surface area (Å²) >= 11 is 0. The zero-order valence-electron chi connectivity index (χ0n) is 18.3. The summed E-state index contributed by atoms with van der Waals surface area (Å²) in [7, 11) is 0. The zero-order chi connectivity index (χ0) is 21.7. The fraction of sp³-hybridized carbons (Fsp3) is 0.500. The molecular weight excluding hydrogens is 400 g/mol. The van der Waals surface area contributed by atoms with Gasteiger partial charge in [0.1, 0.15) is 12.2 Å². The molecule has 6 atom stereocenters. The molecule has 4 aliphatic rings. The minimum atomic E-state index is -0.368. The molecule has 4 heteroatoms. The van der Waals surface area contributed by atoms with E-state index in [0.717, 1.165) is 38.5 Å². The maximum absolute atomic E-state index is 13.1. The van der Waals surface area contributed by atoms with Crippen LogP contribution in [-0.4, -0.2) is 24.1 Å². The van der Waals surface area contributed by atoms with Gasteiger partial charge < -0.3 is 9.47 Å². The third-order valence-electron chi connectivity index (χ3n) is 8.50. The van der Waals surface area contributed by atoms with Crippen LogP contribution in [-0.2, 0) is 20.7 Å². The fourth-order valence-electron chi connectivity index (χ4n) is 7.11. The van der Waals surface area contributed by atoms with E-state index in [0.29, 0.717) is 17.4 Å². The van der Waals surface area contributed by atoms with Crippen molar-refractivity contribution < 1.29 is 19.1 Å². The van der Waals surface area contributed by atoms with Gasteiger partial charge in [0.25, 0.3) is 0 Å². The van der Waals surface area contributed by atoms with Crippen LogP contribution in [0.15, 0.2) is 54.6 Å². The summed E-state index contributed by atoms with van der Waals surface area (Å²) in [5.74, 6) is 0.969. The molecule has 3 saturated carbocycles. The largest absolute Gasteiger partial charge is 0.458 e. The molecule has 0 heterocycles. The topological polar surface area (TPSA) is 52.6 Å². The second-order valence-corrected chi connectivity index (χ2v) is 10.1. The molecule has 2 aromatic carbocycles. The van der Waals surface area contributed by atoms with E-state index >= 15 is 0 Å². The highest BCUT2D eigenvalue weighted by Gasteiger charge is 2.63. The van der Waals surface area contributed by atoms with Crippen molar-refractivity contribution in [2.45, 2.75) is 63.1 Å². The number of ether oxygens (including phenoxy) is 2. The summed E-state index contributed by atoms with van der Waals surface area (Å²) in [6.45, 7) is 0. The summed E-state index contributed by atoms with van der Waals surface area (Å²) in [6, 6.07) is 17.8. The van der Waals surface area contributed by atoms with Crippen LogP contribution in [0.4, 0.5) is 0 Å². The number of esters is 2. The van der Waals surface area contributed by atoms with Crippen molar-refractivity contribution in [3.8, 4) is 0 Å². The maximum atomic E-state index is 13.1. The summed E-state index contributed by atoms with van der Waals surface area (Å²) < 4.78 is 12.4. The first kappa shape index (κ1) is 20.0. The highest BCUT2D eigenvalue weighted by Crippen LogP contribution is 2.62. The average molecular weight is 431 g/mol. The maximum Gasteiger partial charge on any atom is 0.338 e. The van der Waals surface area contributed by atoms with Gasteiger partial charge in [0.15, 0.2) is 0 Å². The van der Waals surface area contributed by atoms with E-state index in [1.165, 1.54) is 17.5 Å². The molecule has 0 saturated heterocycles. The van der Waals surface area contributed by atoms with Crippen molar-refractivity contribution >= 4 is 11.9 Å². The third-order valence-corrected chi connectivity index (χ3v) is 8.50. The van der Waals surface area contributed by atoms with Crippen molar-refractivity contribution in [2.24, 2.45) is 23.7 Å². The summed E-state index contributed by atoms with van der Waals surface area (Å²) in [5.41, 5.74) is 3.36. The highest BCUT2D eigenvalue weighted by atomic mass is 16.6. The van der Waals surface area contributed by atoms with Gasteiger partial charge in [-0.15, -0.1) is 0 Å². The van der Waals surface area contributed by atoms with Crippen LogP contribution in [0.1, 0.15) is 65.9 Å². The Labute approximate surface area is 189 Å². The van der Waals surface area contributed by atoms with Gasteiger partial charge in [-0.25, -0.2) is 4.79 Å². The van der Waals surface area contributed by atoms with E-state index in [2.05, 4.69) is 24.3 Å². The van der Waals surface area contributed by atoms with Gasteiger partial charge in [0.2, 0.25) is 0 Å². The Bertz CT molecular complexity index is 1010. The smallest absolute Gasteiger partial charge is 0.338 e. The lowest BCUT2D eigenvalue weighted by Crippen LogP contribution is -2.46. The molecule has 4 aliphatic carbocycles. The van der Waals surface area contributed by atoms with Crippen LogP contribution in [0.25, 0.3) is 0 Å². The molecule has 2 aromatic rings. The second-order valence-electron chi connectivity index (χ2n) is 10.1. The molecule has 0 amide bonds. The van der Waals surface area contributed by atoms with Crippen molar-refractivity contribution in [3.63, 3.8) is 0 Å². The van der Waals surface area contributed by atoms with E-state index in [1.54, 1.807) is 12.1 Å². The fourth-order valence-corrected chi connectivity index (χ4v) is 7.11. The third kappa shape index (κ3) is 3.27. The van der Waals surface area contributed by atoms with Crippen molar-refractivity contribution in [3.05, 3.63) is 71.3 Å². The standard InChI is InChI=1S/C28H30O4/c29-27(17-9-3-1-4-10-17)31-25-22-16-23(24-20-14-8-7-13-19(20)15-21(22)24)26(25)32-28(30)18-11-5-2-6-12-18/h2,5-8,11-14,17,21-26H,1,3-4,9-10,15-16H2. The molecule has 3 fully saturated rings. The van der Waals surface area contributed by atoms with Crippen LogP contribution in [0.2, 0.25) is 0 Å². The molecule has 6 unspecified atom stereocenters. The molecule has 166 valence electrons. The van der Waals surface area contributed by atoms with Crippen molar-refractivity contribution in [1.82, 2.24) is 0 Å². The minimum Gasteiger partial charge on any atom is -0.458 e. The van der Waals surface area contributed by atoms with Crippen LogP contribution in [0, 0.1) is 23.7 Å². The molecule has 0 aliphatic heterocycles. The molecule has 0 aromatic heterocycles. The van der Waals surface area contributed by atoms with E-state index in [1.807, 2.05) is 18.2 Å². The predicted octanol–water partition coefficient (Wildman–Crippen LogP) is 5.31. The lowest BCUT2D eigenvalue weighted by atomic mass is 9.76. The van der Waals surface area contributed by atoms with Gasteiger partial charge in [-0.3, -0.25) is 4.79 Å². The Morgan fingerprint density at radius 3 is 2.28 bits per heavy atom. The SMILES string of the molecule is O=C(OC1C2CC(C3Cc4ccccc4C32)C1OC(=O)C1CCCCC1)c1ccccc1. The van der Waals surface area contributed by atoms with Gasteiger partial charge in [-0.2, -0.15) is 0 Å². The molecule has 2 bridgehead atoms. The lowest BCUT2D eigenvalue weighted by Gasteiger charge is -2.38. The Hall–Kier alpha value is -2.62. The van der Waals surface area contributed by atoms with E-state index in [4.69, 9.17) is 9.47 Å². The Balaban J connectivity index is 1.28. The van der Waals surface area contributed by atoms with Gasteiger partial charge in [0, 0.05) is 11.8 Å². The Kier molecular flexibility index (Phi) is 5.04. The van der Waals surface area contributed by atoms with Crippen LogP contribution in [0.5, 0.6) is 0 Å². The number of hydrogen-bond acceptors (Lipinski definition) is 4. The average Bonchev–Trinajstić information content (AvgIpc) is 3.50. The number of benzene rings is 2. The second kappa shape index (κ2) is 8.06. The first-order chi connectivity index (χ1) is 15.7. The first-order valence-electron chi connectivity index (χ1n) is 12.2. The van der Waals surface area contributed by atoms with E-state index in [-0.39, 0.29) is 41.9 Å². The van der Waals surface area contributed by atoms with Crippen LogP contribution >= 0.6 is 0 Å².